The molecule has 2 aromatic rings. The van der Waals surface area contributed by atoms with Crippen molar-refractivity contribution in [3.8, 4) is 0 Å². The van der Waals surface area contributed by atoms with E-state index in [1.807, 2.05) is 66.7 Å². The van der Waals surface area contributed by atoms with Crippen molar-refractivity contribution < 1.29 is 0 Å². The molecule has 0 amide bonds. The van der Waals surface area contributed by atoms with Crippen LogP contribution in [0.15, 0.2) is 71.4 Å². The molecule has 19 heavy (non-hydrogen) atoms. The van der Waals surface area contributed by atoms with Crippen LogP contribution in [0.1, 0.15) is 11.1 Å². The summed E-state index contributed by atoms with van der Waals surface area (Å²) in [6, 6.07) is 20.1. The van der Waals surface area contributed by atoms with Gasteiger partial charge in [0, 0.05) is 5.70 Å². The molecule has 90 valence electrons. The van der Waals surface area contributed by atoms with E-state index in [1.54, 1.807) is 0 Å². The van der Waals surface area contributed by atoms with E-state index in [9.17, 15) is 0 Å². The molecule has 2 nitrogen and oxygen atoms in total. The fourth-order valence-electron chi connectivity index (χ4n) is 1.74. The number of nitrogens with zero attached hydrogens (tertiary/aromatic N) is 1. The van der Waals surface area contributed by atoms with Gasteiger partial charge in [-0.15, -0.1) is 0 Å². The first-order valence-electron chi connectivity index (χ1n) is 5.85. The second-order valence-corrected chi connectivity index (χ2v) is 4.39. The summed E-state index contributed by atoms with van der Waals surface area (Å²) in [6.45, 7) is 0. The molecule has 6 radical (unpaired) electrons. The summed E-state index contributed by atoms with van der Waals surface area (Å²) >= 11 is 0. The molecule has 2 aromatic carbocycles. The molecule has 4 heteroatoms. The summed E-state index contributed by atoms with van der Waals surface area (Å²) in [5, 5.41) is 0. The van der Waals surface area contributed by atoms with Gasteiger partial charge >= 0.3 is 0 Å². The molecule has 0 aliphatic carbocycles. The molecule has 0 aliphatic heterocycles. The highest BCUT2D eigenvalue weighted by molar-refractivity contribution is 6.23. The van der Waals surface area contributed by atoms with Crippen LogP contribution in [0, 0.1) is 0 Å². The van der Waals surface area contributed by atoms with Crippen LogP contribution in [0.4, 0.5) is 0 Å². The number of allylic oxidation sites excluding steroid dienone is 1. The van der Waals surface area contributed by atoms with Crippen molar-refractivity contribution in [1.82, 2.24) is 4.98 Å². The molecular formula is C15H12N2Si2. The normalized spacial score (nSPS) is 12.3. The van der Waals surface area contributed by atoms with Crippen molar-refractivity contribution in [2.45, 2.75) is 0 Å². The molecule has 0 bridgehead atoms. The second kappa shape index (κ2) is 6.87. The van der Waals surface area contributed by atoms with Crippen LogP contribution < -0.4 is 4.98 Å². The first-order chi connectivity index (χ1) is 9.35. The first kappa shape index (κ1) is 13.5. The molecule has 0 aromatic heterocycles. The maximum atomic E-state index is 4.16. The average Bonchev–Trinajstić information content (AvgIpc) is 2.50. The van der Waals surface area contributed by atoms with Gasteiger partial charge in [0.2, 0.25) is 10.4 Å². The Bertz CT molecular complexity index is 578. The first-order valence-corrected chi connectivity index (χ1v) is 6.79. The van der Waals surface area contributed by atoms with Gasteiger partial charge in [0.25, 0.3) is 0 Å². The molecular weight excluding hydrogens is 264 g/mol. The lowest BCUT2D eigenvalue weighted by Crippen LogP contribution is -2.10. The van der Waals surface area contributed by atoms with Gasteiger partial charge in [-0.2, -0.15) is 0 Å². The molecule has 0 atom stereocenters. The van der Waals surface area contributed by atoms with Crippen LogP contribution in [0.2, 0.25) is 0 Å². The summed E-state index contributed by atoms with van der Waals surface area (Å²) in [6.07, 6.45) is 1.98. The summed E-state index contributed by atoms with van der Waals surface area (Å²) in [4.78, 5) is 3.02. The molecule has 0 heterocycles. The third-order valence-electron chi connectivity index (χ3n) is 2.69. The van der Waals surface area contributed by atoms with Crippen LogP contribution in [0.25, 0.3) is 5.70 Å². The zero-order valence-corrected chi connectivity index (χ0v) is 12.3. The zero-order valence-electron chi connectivity index (χ0n) is 10.3. The smallest absolute Gasteiger partial charge is 0.222 e. The third kappa shape index (κ3) is 3.53. The Hall–Kier alpha value is -1.92. The second-order valence-electron chi connectivity index (χ2n) is 3.91. The van der Waals surface area contributed by atoms with Crippen molar-refractivity contribution in [3.05, 3.63) is 77.9 Å². The Morgan fingerprint density at radius 2 is 1.42 bits per heavy atom. The maximum absolute atomic E-state index is 4.16. The van der Waals surface area contributed by atoms with E-state index in [4.69, 9.17) is 0 Å². The number of benzene rings is 2. The van der Waals surface area contributed by atoms with Gasteiger partial charge < -0.3 is 9.64 Å². The summed E-state index contributed by atoms with van der Waals surface area (Å²) in [7, 11) is 6.58. The minimum Gasteiger partial charge on any atom is -0.412 e. The van der Waals surface area contributed by atoms with Gasteiger partial charge in [0.1, 0.15) is 0 Å². The van der Waals surface area contributed by atoms with Crippen LogP contribution in [-0.4, -0.2) is 26.5 Å². The average molecular weight is 276 g/mol. The van der Waals surface area contributed by atoms with E-state index in [0.29, 0.717) is 0 Å². The third-order valence-corrected chi connectivity index (χ3v) is 3.20. The van der Waals surface area contributed by atoms with E-state index >= 15 is 0 Å². The molecule has 0 unspecified atom stereocenters. The van der Waals surface area contributed by atoms with Gasteiger partial charge in [0.15, 0.2) is 10.4 Å². The Labute approximate surface area is 120 Å². The minimum absolute atomic E-state index is 0.849. The van der Waals surface area contributed by atoms with Crippen LogP contribution in [0.5, 0.6) is 0 Å². The SMILES string of the molecule is [Si]/N=C(/C=C(\N[Si])c1ccccc1)c1ccccc1. The monoisotopic (exact) mass is 276 g/mol. The van der Waals surface area contributed by atoms with Gasteiger partial charge in [-0.3, -0.25) is 0 Å². The summed E-state index contributed by atoms with van der Waals surface area (Å²) < 4.78 is 4.16. The summed E-state index contributed by atoms with van der Waals surface area (Å²) in [5.74, 6) is 0. The summed E-state index contributed by atoms with van der Waals surface area (Å²) in [5.41, 5.74) is 3.93. The standard InChI is InChI=1S/C15H12N2Si2/c18-16-14(12-7-3-1-4-8-12)11-15(17-19)13-9-5-2-6-10-13/h1-11,16H/b14-11-,17-15-. The number of rotatable bonds is 4. The molecule has 0 aliphatic rings. The Kier molecular flexibility index (Phi) is 4.88. The Morgan fingerprint density at radius 1 is 0.895 bits per heavy atom. The quantitative estimate of drug-likeness (QED) is 0.672. The Balaban J connectivity index is 2.37. The van der Waals surface area contributed by atoms with Gasteiger partial charge in [-0.1, -0.05) is 60.7 Å². The van der Waals surface area contributed by atoms with Crippen LogP contribution in [-0.2, 0) is 0 Å². The molecule has 1 N–H and O–H groups in total. The van der Waals surface area contributed by atoms with Crippen molar-refractivity contribution in [2.75, 3.05) is 0 Å². The highest BCUT2D eigenvalue weighted by atomic mass is 28.2. The van der Waals surface area contributed by atoms with Crippen molar-refractivity contribution in [1.29, 1.82) is 0 Å². The van der Waals surface area contributed by atoms with Crippen molar-refractivity contribution in [3.63, 3.8) is 0 Å². The predicted octanol–water partition coefficient (Wildman–Crippen LogP) is 2.27. The highest BCUT2D eigenvalue weighted by Gasteiger charge is 2.03. The Morgan fingerprint density at radius 3 is 1.89 bits per heavy atom. The van der Waals surface area contributed by atoms with Crippen LogP contribution >= 0.6 is 0 Å². The van der Waals surface area contributed by atoms with E-state index in [1.165, 1.54) is 0 Å². The van der Waals surface area contributed by atoms with Gasteiger partial charge in [-0.05, 0) is 17.2 Å². The van der Waals surface area contributed by atoms with Crippen molar-refractivity contribution in [2.24, 2.45) is 4.66 Å². The van der Waals surface area contributed by atoms with E-state index in [0.717, 1.165) is 22.5 Å². The van der Waals surface area contributed by atoms with E-state index < -0.39 is 0 Å². The van der Waals surface area contributed by atoms with Gasteiger partial charge in [0.05, 0.1) is 5.71 Å². The molecule has 0 saturated heterocycles. The van der Waals surface area contributed by atoms with Gasteiger partial charge in [-0.25, -0.2) is 0 Å². The zero-order chi connectivity index (χ0) is 13.5. The maximum Gasteiger partial charge on any atom is 0.222 e. The number of hydrogen-bond donors (Lipinski definition) is 1. The van der Waals surface area contributed by atoms with E-state index in [-0.39, 0.29) is 0 Å². The van der Waals surface area contributed by atoms with Crippen molar-refractivity contribution >= 4 is 32.2 Å². The number of nitrogens with one attached hydrogen (secondary N) is 1. The fraction of sp³-hybridized carbons (Fsp3) is 0. The van der Waals surface area contributed by atoms with E-state index in [2.05, 4.69) is 30.4 Å². The lowest BCUT2D eigenvalue weighted by molar-refractivity contribution is 1.39. The predicted molar refractivity (Wildman–Crippen MR) is 82.0 cm³/mol. The minimum atomic E-state index is 0.849. The number of hydrogen-bond acceptors (Lipinski definition) is 2. The van der Waals surface area contributed by atoms with Crippen LogP contribution in [0.3, 0.4) is 0 Å². The molecule has 0 saturated carbocycles. The molecule has 0 fully saturated rings. The molecule has 0 spiro atoms. The topological polar surface area (TPSA) is 24.4 Å². The fourth-order valence-corrected chi connectivity index (χ4v) is 2.15. The highest BCUT2D eigenvalue weighted by Crippen LogP contribution is 2.12. The lowest BCUT2D eigenvalue weighted by atomic mass is 10.1. The lowest BCUT2D eigenvalue weighted by Gasteiger charge is -2.09. The largest absolute Gasteiger partial charge is 0.412 e. The molecule has 2 rings (SSSR count).